The fourth-order valence-corrected chi connectivity index (χ4v) is 3.12. The van der Waals surface area contributed by atoms with Gasteiger partial charge in [0.25, 0.3) is 0 Å². The van der Waals surface area contributed by atoms with Gasteiger partial charge in [-0.3, -0.25) is 4.90 Å². The van der Waals surface area contributed by atoms with Crippen molar-refractivity contribution in [3.63, 3.8) is 0 Å². The third kappa shape index (κ3) is 3.45. The van der Waals surface area contributed by atoms with Crippen LogP contribution in [0.1, 0.15) is 23.1 Å². The van der Waals surface area contributed by atoms with Crippen LogP contribution in [0, 0.1) is 12.8 Å². The Balaban J connectivity index is 0.00000128. The van der Waals surface area contributed by atoms with Gasteiger partial charge in [-0.15, -0.1) is 23.7 Å². The van der Waals surface area contributed by atoms with Crippen molar-refractivity contribution in [1.82, 2.24) is 4.90 Å². The average molecular weight is 261 g/mol. The summed E-state index contributed by atoms with van der Waals surface area (Å²) in [5, 5.41) is 0. The Labute approximate surface area is 108 Å². The Morgan fingerprint density at radius 3 is 2.81 bits per heavy atom. The molecule has 1 aliphatic rings. The number of hydrogen-bond acceptors (Lipinski definition) is 3. The van der Waals surface area contributed by atoms with Crippen molar-refractivity contribution < 1.29 is 0 Å². The first kappa shape index (κ1) is 14.0. The molecule has 0 bridgehead atoms. The standard InChI is InChI=1S/C12H20N2S.ClH/c1-9-7-14(6-5-12(9)13)8-11-4-3-10(2)15-11;/h3-4,9,12H,5-8,13H2,1-2H3;1H. The van der Waals surface area contributed by atoms with E-state index in [4.69, 9.17) is 5.73 Å². The van der Waals surface area contributed by atoms with E-state index in [1.54, 1.807) is 0 Å². The maximum Gasteiger partial charge on any atom is 0.0328 e. The first-order valence-electron chi connectivity index (χ1n) is 5.68. The van der Waals surface area contributed by atoms with E-state index in [0.29, 0.717) is 12.0 Å². The van der Waals surface area contributed by atoms with Crippen molar-refractivity contribution in [3.05, 3.63) is 21.9 Å². The quantitative estimate of drug-likeness (QED) is 0.886. The number of hydrogen-bond donors (Lipinski definition) is 1. The minimum absolute atomic E-state index is 0. The van der Waals surface area contributed by atoms with Crippen LogP contribution in [-0.2, 0) is 6.54 Å². The van der Waals surface area contributed by atoms with E-state index in [1.807, 2.05) is 11.3 Å². The molecule has 0 radical (unpaired) electrons. The molecule has 4 heteroatoms. The summed E-state index contributed by atoms with van der Waals surface area (Å²) >= 11 is 1.91. The number of likely N-dealkylation sites (tertiary alicyclic amines) is 1. The summed E-state index contributed by atoms with van der Waals surface area (Å²) in [6.07, 6.45) is 1.14. The van der Waals surface area contributed by atoms with Gasteiger partial charge in [0.15, 0.2) is 0 Å². The van der Waals surface area contributed by atoms with E-state index < -0.39 is 0 Å². The Kier molecular flexibility index (Phi) is 5.25. The van der Waals surface area contributed by atoms with Gasteiger partial charge in [0.2, 0.25) is 0 Å². The van der Waals surface area contributed by atoms with Crippen LogP contribution >= 0.6 is 23.7 Å². The zero-order valence-corrected chi connectivity index (χ0v) is 11.6. The molecule has 0 saturated carbocycles. The van der Waals surface area contributed by atoms with Crippen molar-refractivity contribution in [3.8, 4) is 0 Å². The number of thiophene rings is 1. The predicted octanol–water partition coefficient (Wildman–Crippen LogP) is 2.65. The van der Waals surface area contributed by atoms with Gasteiger partial charge in [-0.1, -0.05) is 6.92 Å². The molecule has 2 nitrogen and oxygen atoms in total. The van der Waals surface area contributed by atoms with E-state index in [2.05, 4.69) is 30.9 Å². The van der Waals surface area contributed by atoms with Crippen LogP contribution in [0.3, 0.4) is 0 Å². The largest absolute Gasteiger partial charge is 0.327 e. The van der Waals surface area contributed by atoms with Crippen molar-refractivity contribution in [1.29, 1.82) is 0 Å². The lowest BCUT2D eigenvalue weighted by Crippen LogP contribution is -2.45. The highest BCUT2D eigenvalue weighted by Gasteiger charge is 2.22. The van der Waals surface area contributed by atoms with Gasteiger partial charge >= 0.3 is 0 Å². The highest BCUT2D eigenvalue weighted by Crippen LogP contribution is 2.21. The van der Waals surface area contributed by atoms with Crippen LogP contribution in [0.5, 0.6) is 0 Å². The maximum absolute atomic E-state index is 6.01. The molecule has 1 aromatic rings. The second-order valence-corrected chi connectivity index (χ2v) is 6.05. The zero-order valence-electron chi connectivity index (χ0n) is 9.98. The molecule has 1 aromatic heterocycles. The Morgan fingerprint density at radius 1 is 1.50 bits per heavy atom. The smallest absolute Gasteiger partial charge is 0.0328 e. The Bertz CT molecular complexity index is 327. The van der Waals surface area contributed by atoms with Gasteiger partial charge in [0.1, 0.15) is 0 Å². The third-order valence-electron chi connectivity index (χ3n) is 3.23. The van der Waals surface area contributed by atoms with Crippen molar-refractivity contribution >= 4 is 23.7 Å². The number of halogens is 1. The van der Waals surface area contributed by atoms with Crippen molar-refractivity contribution in [2.24, 2.45) is 11.7 Å². The molecule has 1 saturated heterocycles. The molecular weight excluding hydrogens is 240 g/mol. The lowest BCUT2D eigenvalue weighted by atomic mass is 9.95. The van der Waals surface area contributed by atoms with Crippen LogP contribution < -0.4 is 5.73 Å². The molecule has 0 amide bonds. The molecule has 1 fully saturated rings. The summed E-state index contributed by atoms with van der Waals surface area (Å²) in [4.78, 5) is 5.42. The first-order chi connectivity index (χ1) is 7.15. The summed E-state index contributed by atoms with van der Waals surface area (Å²) < 4.78 is 0. The van der Waals surface area contributed by atoms with Gasteiger partial charge in [-0.25, -0.2) is 0 Å². The van der Waals surface area contributed by atoms with E-state index >= 15 is 0 Å². The molecule has 2 atom stereocenters. The highest BCUT2D eigenvalue weighted by molar-refractivity contribution is 7.11. The van der Waals surface area contributed by atoms with Crippen molar-refractivity contribution in [2.75, 3.05) is 13.1 Å². The van der Waals surface area contributed by atoms with Crippen LogP contribution in [0.2, 0.25) is 0 Å². The Morgan fingerprint density at radius 2 is 2.25 bits per heavy atom. The second-order valence-electron chi connectivity index (χ2n) is 4.68. The maximum atomic E-state index is 6.01. The van der Waals surface area contributed by atoms with Crippen LogP contribution in [0.15, 0.2) is 12.1 Å². The molecule has 92 valence electrons. The lowest BCUT2D eigenvalue weighted by molar-refractivity contribution is 0.159. The van der Waals surface area contributed by atoms with E-state index in [0.717, 1.165) is 26.1 Å². The number of piperidine rings is 1. The predicted molar refractivity (Wildman–Crippen MR) is 73.3 cm³/mol. The summed E-state index contributed by atoms with van der Waals surface area (Å²) in [5.74, 6) is 0.639. The van der Waals surface area contributed by atoms with E-state index in [9.17, 15) is 0 Å². The third-order valence-corrected chi connectivity index (χ3v) is 4.22. The average Bonchev–Trinajstić information content (AvgIpc) is 2.58. The molecule has 2 N–H and O–H groups in total. The van der Waals surface area contributed by atoms with Gasteiger partial charge in [-0.2, -0.15) is 0 Å². The fraction of sp³-hybridized carbons (Fsp3) is 0.667. The second kappa shape index (κ2) is 6.01. The normalized spacial score (nSPS) is 26.4. The minimum Gasteiger partial charge on any atom is -0.327 e. The summed E-state index contributed by atoms with van der Waals surface area (Å²) in [6.45, 7) is 7.84. The summed E-state index contributed by atoms with van der Waals surface area (Å²) in [5.41, 5.74) is 6.01. The fourth-order valence-electron chi connectivity index (χ4n) is 2.18. The van der Waals surface area contributed by atoms with Gasteiger partial charge in [0, 0.05) is 35.4 Å². The van der Waals surface area contributed by atoms with Crippen LogP contribution in [0.4, 0.5) is 0 Å². The molecule has 1 aliphatic heterocycles. The minimum atomic E-state index is 0. The highest BCUT2D eigenvalue weighted by atomic mass is 35.5. The molecule has 0 aliphatic carbocycles. The molecule has 2 heterocycles. The van der Waals surface area contributed by atoms with E-state index in [1.165, 1.54) is 9.75 Å². The lowest BCUT2D eigenvalue weighted by Gasteiger charge is -2.34. The Hall–Kier alpha value is -0.0900. The SMILES string of the molecule is Cc1ccc(CN2CCC(N)C(C)C2)s1.Cl. The summed E-state index contributed by atoms with van der Waals surface area (Å²) in [7, 11) is 0. The first-order valence-corrected chi connectivity index (χ1v) is 6.50. The monoisotopic (exact) mass is 260 g/mol. The molecule has 0 spiro atoms. The number of nitrogens with two attached hydrogens (primary N) is 1. The molecular formula is C12H21ClN2S. The topological polar surface area (TPSA) is 29.3 Å². The molecule has 16 heavy (non-hydrogen) atoms. The van der Waals surface area contributed by atoms with Crippen LogP contribution in [-0.4, -0.2) is 24.0 Å². The number of aryl methyl sites for hydroxylation is 1. The number of nitrogens with zero attached hydrogens (tertiary/aromatic N) is 1. The van der Waals surface area contributed by atoms with Crippen LogP contribution in [0.25, 0.3) is 0 Å². The van der Waals surface area contributed by atoms with Gasteiger partial charge < -0.3 is 5.73 Å². The molecule has 0 aromatic carbocycles. The number of rotatable bonds is 2. The van der Waals surface area contributed by atoms with Gasteiger partial charge in [0.05, 0.1) is 0 Å². The zero-order chi connectivity index (χ0) is 10.8. The molecule has 2 unspecified atom stereocenters. The van der Waals surface area contributed by atoms with Gasteiger partial charge in [-0.05, 0) is 31.4 Å². The summed E-state index contributed by atoms with van der Waals surface area (Å²) in [6, 6.07) is 4.87. The molecule has 2 rings (SSSR count). The van der Waals surface area contributed by atoms with Crippen molar-refractivity contribution in [2.45, 2.75) is 32.9 Å². The van der Waals surface area contributed by atoms with E-state index in [-0.39, 0.29) is 12.4 Å².